The molecule has 2 aromatic carbocycles. The zero-order valence-corrected chi connectivity index (χ0v) is 19.2. The van der Waals surface area contributed by atoms with E-state index in [1.54, 1.807) is 18.3 Å². The van der Waals surface area contributed by atoms with Gasteiger partial charge in [-0.3, -0.25) is 14.9 Å². The Morgan fingerprint density at radius 2 is 1.74 bits per heavy atom. The Kier molecular flexibility index (Phi) is 11.2. The van der Waals surface area contributed by atoms with Crippen LogP contribution in [-0.2, 0) is 13.2 Å². The third-order valence-electron chi connectivity index (χ3n) is 4.92. The number of hydrogen-bond acceptors (Lipinski definition) is 7. The van der Waals surface area contributed by atoms with Gasteiger partial charge in [-0.05, 0) is 60.5 Å². The summed E-state index contributed by atoms with van der Waals surface area (Å²) in [6.45, 7) is 3.96. The Labute approximate surface area is 199 Å². The third kappa shape index (κ3) is 8.97. The summed E-state index contributed by atoms with van der Waals surface area (Å²) in [5.41, 5.74) is 8.74. The van der Waals surface area contributed by atoms with E-state index in [4.69, 9.17) is 10.8 Å². The van der Waals surface area contributed by atoms with Crippen LogP contribution in [0.5, 0.6) is 0 Å². The summed E-state index contributed by atoms with van der Waals surface area (Å²) in [6, 6.07) is 16.8. The number of hydrogen-bond donors (Lipinski definition) is 4. The van der Waals surface area contributed by atoms with Gasteiger partial charge in [-0.2, -0.15) is 0 Å². The number of amides is 1. The van der Waals surface area contributed by atoms with Gasteiger partial charge in [0.05, 0.1) is 17.2 Å². The van der Waals surface area contributed by atoms with Crippen LogP contribution in [-0.4, -0.2) is 27.5 Å². The summed E-state index contributed by atoms with van der Waals surface area (Å²) in [4.78, 5) is 25.8. The number of aliphatic hydroxyl groups is 1. The molecular formula is C25H31N5O4. The topological polar surface area (TPSA) is 143 Å². The molecule has 1 aromatic heterocycles. The molecule has 1 heterocycles. The molecule has 0 aliphatic rings. The molecule has 34 heavy (non-hydrogen) atoms. The molecule has 0 saturated carbocycles. The van der Waals surface area contributed by atoms with E-state index in [-0.39, 0.29) is 18.2 Å². The predicted octanol–water partition coefficient (Wildman–Crippen LogP) is 4.28. The summed E-state index contributed by atoms with van der Waals surface area (Å²) in [5, 5.41) is 24.9. The first-order valence-corrected chi connectivity index (χ1v) is 11.1. The lowest BCUT2D eigenvalue weighted by molar-refractivity contribution is -0.384. The van der Waals surface area contributed by atoms with Crippen LogP contribution in [0.2, 0.25) is 0 Å². The second-order valence-electron chi connectivity index (χ2n) is 7.55. The second-order valence-corrected chi connectivity index (χ2v) is 7.55. The number of aromatic nitrogens is 1. The molecule has 0 atom stereocenters. The number of nitrogens with two attached hydrogens (primary N) is 1. The van der Waals surface area contributed by atoms with Crippen LogP contribution in [0.1, 0.15) is 47.7 Å². The first-order chi connectivity index (χ1) is 16.4. The third-order valence-corrected chi connectivity index (χ3v) is 4.92. The Bertz CT molecular complexity index is 1040. The molecule has 0 spiro atoms. The smallest absolute Gasteiger partial charge is 0.269 e. The van der Waals surface area contributed by atoms with Crippen molar-refractivity contribution in [3.8, 4) is 0 Å². The number of non-ortho nitro benzene ring substituents is 1. The molecule has 0 fully saturated rings. The number of anilines is 2. The number of nitrogens with one attached hydrogen (secondary N) is 2. The maximum absolute atomic E-state index is 12.2. The molecule has 9 nitrogen and oxygen atoms in total. The number of pyridine rings is 1. The Morgan fingerprint density at radius 1 is 1.06 bits per heavy atom. The van der Waals surface area contributed by atoms with Crippen molar-refractivity contribution < 1.29 is 14.8 Å². The zero-order chi connectivity index (χ0) is 24.8. The van der Waals surface area contributed by atoms with Crippen molar-refractivity contribution in [2.24, 2.45) is 0 Å². The maximum atomic E-state index is 12.2. The number of nitro groups is 1. The lowest BCUT2D eigenvalue weighted by Crippen LogP contribution is -2.15. The fourth-order valence-corrected chi connectivity index (χ4v) is 2.95. The minimum Gasteiger partial charge on any atom is -0.392 e. The van der Waals surface area contributed by atoms with Crippen molar-refractivity contribution in [2.75, 3.05) is 17.6 Å². The van der Waals surface area contributed by atoms with Gasteiger partial charge in [0.1, 0.15) is 5.82 Å². The van der Waals surface area contributed by atoms with Crippen molar-refractivity contribution in [2.45, 2.75) is 39.3 Å². The van der Waals surface area contributed by atoms with E-state index in [9.17, 15) is 14.9 Å². The number of aliphatic hydroxyl groups excluding tert-OH is 1. The van der Waals surface area contributed by atoms with E-state index in [0.29, 0.717) is 22.6 Å². The average molecular weight is 466 g/mol. The van der Waals surface area contributed by atoms with Crippen molar-refractivity contribution in [3.63, 3.8) is 0 Å². The van der Waals surface area contributed by atoms with Gasteiger partial charge >= 0.3 is 0 Å². The van der Waals surface area contributed by atoms with E-state index in [2.05, 4.69) is 22.5 Å². The van der Waals surface area contributed by atoms with Gasteiger partial charge in [-0.15, -0.1) is 0 Å². The predicted molar refractivity (Wildman–Crippen MR) is 133 cm³/mol. The first kappa shape index (κ1) is 26.4. The lowest BCUT2D eigenvalue weighted by atomic mass is 10.1. The van der Waals surface area contributed by atoms with E-state index >= 15 is 0 Å². The van der Waals surface area contributed by atoms with Crippen LogP contribution in [0.15, 0.2) is 66.9 Å². The molecule has 0 aliphatic carbocycles. The molecular weight excluding hydrogens is 434 g/mol. The molecule has 3 rings (SSSR count). The van der Waals surface area contributed by atoms with E-state index in [1.807, 2.05) is 24.3 Å². The van der Waals surface area contributed by atoms with Gasteiger partial charge in [0, 0.05) is 30.4 Å². The number of nitrogen functional groups attached to an aromatic ring is 1. The zero-order valence-electron chi connectivity index (χ0n) is 19.2. The van der Waals surface area contributed by atoms with Crippen molar-refractivity contribution in [1.82, 2.24) is 10.3 Å². The largest absolute Gasteiger partial charge is 0.392 e. The van der Waals surface area contributed by atoms with Crippen LogP contribution in [0.25, 0.3) is 0 Å². The van der Waals surface area contributed by atoms with E-state index < -0.39 is 4.92 Å². The Hall–Kier alpha value is -3.82. The molecule has 3 aromatic rings. The number of rotatable bonds is 10. The van der Waals surface area contributed by atoms with Crippen molar-refractivity contribution in [1.29, 1.82) is 0 Å². The molecule has 180 valence electrons. The highest BCUT2D eigenvalue weighted by Crippen LogP contribution is 2.15. The van der Waals surface area contributed by atoms with Gasteiger partial charge in [0.15, 0.2) is 0 Å². The molecule has 1 amide bonds. The average Bonchev–Trinajstić information content (AvgIpc) is 2.86. The van der Waals surface area contributed by atoms with Crippen LogP contribution in [0.4, 0.5) is 17.2 Å². The monoisotopic (exact) mass is 465 g/mol. The van der Waals surface area contributed by atoms with Gasteiger partial charge in [-0.25, -0.2) is 4.98 Å². The number of benzene rings is 2. The quantitative estimate of drug-likeness (QED) is 0.199. The molecule has 0 unspecified atom stereocenters. The Balaban J connectivity index is 0.000000310. The highest BCUT2D eigenvalue weighted by Gasteiger charge is 2.08. The van der Waals surface area contributed by atoms with Crippen LogP contribution >= 0.6 is 0 Å². The summed E-state index contributed by atoms with van der Waals surface area (Å²) < 4.78 is 0. The van der Waals surface area contributed by atoms with Gasteiger partial charge in [0.2, 0.25) is 0 Å². The molecule has 0 bridgehead atoms. The van der Waals surface area contributed by atoms with Crippen LogP contribution < -0.4 is 16.4 Å². The van der Waals surface area contributed by atoms with Gasteiger partial charge in [0.25, 0.3) is 11.6 Å². The SMILES string of the molecule is CCCCCNCc1ccc(C(=O)Nc2cccnc2N)cc1.O=[N+]([O-])c1ccc(CO)cc1. The number of unbranched alkanes of at least 4 members (excludes halogenated alkanes) is 2. The number of carbonyl (C=O) groups is 1. The summed E-state index contributed by atoms with van der Waals surface area (Å²) in [5.74, 6) is 0.126. The van der Waals surface area contributed by atoms with Gasteiger partial charge < -0.3 is 21.5 Å². The van der Waals surface area contributed by atoms with Crippen LogP contribution in [0, 0.1) is 10.1 Å². The highest BCUT2D eigenvalue weighted by molar-refractivity contribution is 6.05. The Morgan fingerprint density at radius 3 is 2.32 bits per heavy atom. The fourth-order valence-electron chi connectivity index (χ4n) is 2.95. The minimum atomic E-state index is -0.471. The molecule has 9 heteroatoms. The fraction of sp³-hybridized carbons (Fsp3) is 0.280. The summed E-state index contributed by atoms with van der Waals surface area (Å²) in [7, 11) is 0. The highest BCUT2D eigenvalue weighted by atomic mass is 16.6. The van der Waals surface area contributed by atoms with E-state index in [1.165, 1.54) is 49.1 Å². The van der Waals surface area contributed by atoms with Gasteiger partial charge in [-0.1, -0.05) is 31.9 Å². The minimum absolute atomic E-state index is 0.0437. The molecule has 0 radical (unpaired) electrons. The lowest BCUT2D eigenvalue weighted by Gasteiger charge is -2.08. The standard InChI is InChI=1S/C18H24N4O.C7H7NO3/c1-2-3-4-11-20-13-14-7-9-15(10-8-14)18(23)22-16-6-5-12-21-17(16)19;9-5-6-1-3-7(4-2-6)8(10)11/h5-10,12,20H,2-4,11,13H2,1H3,(H2,19,21)(H,22,23);1-4,9H,5H2. The first-order valence-electron chi connectivity index (χ1n) is 11.1. The summed E-state index contributed by atoms with van der Waals surface area (Å²) in [6.07, 6.45) is 5.27. The molecule has 0 aliphatic heterocycles. The van der Waals surface area contributed by atoms with Crippen molar-refractivity contribution in [3.05, 3.63) is 93.7 Å². The van der Waals surface area contributed by atoms with Crippen LogP contribution in [0.3, 0.4) is 0 Å². The maximum Gasteiger partial charge on any atom is 0.269 e. The number of nitrogens with zero attached hydrogens (tertiary/aromatic N) is 2. The molecule has 0 saturated heterocycles. The van der Waals surface area contributed by atoms with Crippen molar-refractivity contribution >= 4 is 23.1 Å². The molecule has 5 N–H and O–H groups in total. The number of nitro benzene ring substituents is 1. The summed E-state index contributed by atoms with van der Waals surface area (Å²) >= 11 is 0. The second kappa shape index (κ2) is 14.4. The van der Waals surface area contributed by atoms with E-state index in [0.717, 1.165) is 13.1 Å². The number of carbonyl (C=O) groups excluding carboxylic acids is 1. The normalized spacial score (nSPS) is 10.2.